The van der Waals surface area contributed by atoms with Gasteiger partial charge in [-0.05, 0) is 30.2 Å². The molecule has 0 fully saturated rings. The molecule has 0 radical (unpaired) electrons. The molecule has 0 spiro atoms. The van der Waals surface area contributed by atoms with Crippen molar-refractivity contribution in [3.8, 4) is 5.75 Å². The second-order valence-corrected chi connectivity index (χ2v) is 6.55. The number of allylic oxidation sites excluding steroid dienone is 1. The van der Waals surface area contributed by atoms with Gasteiger partial charge in [-0.25, -0.2) is 9.37 Å². The van der Waals surface area contributed by atoms with E-state index in [0.717, 1.165) is 5.56 Å². The van der Waals surface area contributed by atoms with Gasteiger partial charge in [0, 0.05) is 36.6 Å². The van der Waals surface area contributed by atoms with Crippen LogP contribution in [-0.4, -0.2) is 25.5 Å². The lowest BCUT2D eigenvalue weighted by molar-refractivity contribution is 0.0942. The van der Waals surface area contributed by atoms with Crippen LogP contribution in [-0.2, 0) is 13.1 Å². The fourth-order valence-electron chi connectivity index (χ4n) is 3.18. The number of halogens is 1. The van der Waals surface area contributed by atoms with Crippen LogP contribution in [0.2, 0.25) is 0 Å². The summed E-state index contributed by atoms with van der Waals surface area (Å²) < 4.78 is 14.4. The summed E-state index contributed by atoms with van der Waals surface area (Å²) in [5.41, 5.74) is 1.09. The highest BCUT2D eigenvalue weighted by molar-refractivity contribution is 5.95. The molecular weight excluding hydrogens is 375 g/mol. The number of carbonyl (C=O) groups excluding carboxylic acids is 1. The summed E-state index contributed by atoms with van der Waals surface area (Å²) in [6, 6.07) is 9.24. The maximum absolute atomic E-state index is 13.0. The van der Waals surface area contributed by atoms with Gasteiger partial charge in [0.2, 0.25) is 5.75 Å². The number of aromatic hydroxyl groups is 1. The van der Waals surface area contributed by atoms with Crippen molar-refractivity contribution in [3.63, 3.8) is 0 Å². The number of hydrogen-bond donors (Lipinski definition) is 2. The van der Waals surface area contributed by atoms with E-state index in [9.17, 15) is 19.1 Å². The molecule has 146 valence electrons. The highest BCUT2D eigenvalue weighted by Gasteiger charge is 2.25. The number of rotatable bonds is 4. The zero-order valence-electron chi connectivity index (χ0n) is 15.3. The molecular formula is C21H17FN4O3. The molecule has 0 bridgehead atoms. The minimum absolute atomic E-state index is 0.101. The topological polar surface area (TPSA) is 97.1 Å². The van der Waals surface area contributed by atoms with E-state index in [-0.39, 0.29) is 18.1 Å². The molecule has 0 unspecified atom stereocenters. The average molecular weight is 392 g/mol. The van der Waals surface area contributed by atoms with E-state index >= 15 is 0 Å². The first-order chi connectivity index (χ1) is 14.0. The molecule has 2 aromatic heterocycles. The Balaban J connectivity index is 1.67. The number of carbonyl (C=O) groups is 1. The summed E-state index contributed by atoms with van der Waals surface area (Å²) in [6.45, 7) is 0.458. The predicted molar refractivity (Wildman–Crippen MR) is 104 cm³/mol. The average Bonchev–Trinajstić information content (AvgIpc) is 2.76. The highest BCUT2D eigenvalue weighted by atomic mass is 19.1. The summed E-state index contributed by atoms with van der Waals surface area (Å²) in [4.78, 5) is 33.6. The van der Waals surface area contributed by atoms with Gasteiger partial charge < -0.3 is 10.4 Å². The van der Waals surface area contributed by atoms with E-state index in [0.29, 0.717) is 29.9 Å². The third-order valence-electron chi connectivity index (χ3n) is 4.64. The number of benzene rings is 1. The normalized spacial score (nSPS) is 12.8. The molecule has 7 nitrogen and oxygen atoms in total. The number of amides is 1. The first-order valence-electron chi connectivity index (χ1n) is 9.02. The Morgan fingerprint density at radius 2 is 2.03 bits per heavy atom. The number of nitrogens with zero attached hydrogens (tertiary/aromatic N) is 3. The Bertz CT molecular complexity index is 1160. The zero-order valence-corrected chi connectivity index (χ0v) is 15.3. The second-order valence-electron chi connectivity index (χ2n) is 6.55. The van der Waals surface area contributed by atoms with Gasteiger partial charge in [-0.15, -0.1) is 0 Å². The summed E-state index contributed by atoms with van der Waals surface area (Å²) in [7, 11) is 0. The van der Waals surface area contributed by atoms with Crippen LogP contribution in [0.15, 0.2) is 59.7 Å². The van der Waals surface area contributed by atoms with Gasteiger partial charge >= 0.3 is 0 Å². The van der Waals surface area contributed by atoms with Crippen LogP contribution in [0.25, 0.3) is 5.57 Å². The van der Waals surface area contributed by atoms with Crippen molar-refractivity contribution in [2.24, 2.45) is 0 Å². The molecule has 3 aromatic rings. The number of pyridine rings is 1. The van der Waals surface area contributed by atoms with Crippen LogP contribution in [0.4, 0.5) is 4.39 Å². The Labute approximate surface area is 165 Å². The van der Waals surface area contributed by atoms with Gasteiger partial charge in [0.25, 0.3) is 11.5 Å². The standard InChI is InChI=1S/C21H17FN4O3/c22-15-7-5-13(6-8-15)11-24-20(28)17-18(27)21(29)26-10-2-4-16(19(26)25-17)14-3-1-9-23-12-14/h1,3-9,12,27H,2,10-11H2,(H,24,28). The molecule has 29 heavy (non-hydrogen) atoms. The van der Waals surface area contributed by atoms with Crippen molar-refractivity contribution < 1.29 is 14.3 Å². The van der Waals surface area contributed by atoms with E-state index < -0.39 is 17.2 Å². The first-order valence-corrected chi connectivity index (χ1v) is 9.02. The maximum Gasteiger partial charge on any atom is 0.296 e. The van der Waals surface area contributed by atoms with Crippen LogP contribution < -0.4 is 10.9 Å². The lowest BCUT2D eigenvalue weighted by Crippen LogP contribution is -2.32. The summed E-state index contributed by atoms with van der Waals surface area (Å²) in [5, 5.41) is 12.9. The van der Waals surface area contributed by atoms with Gasteiger partial charge in [0.1, 0.15) is 11.6 Å². The van der Waals surface area contributed by atoms with E-state index in [1.54, 1.807) is 18.5 Å². The molecule has 0 saturated heterocycles. The van der Waals surface area contributed by atoms with E-state index in [1.165, 1.54) is 28.8 Å². The van der Waals surface area contributed by atoms with Crippen molar-refractivity contribution >= 4 is 11.5 Å². The number of fused-ring (bicyclic) bond motifs is 1. The van der Waals surface area contributed by atoms with Crippen LogP contribution in [0, 0.1) is 5.82 Å². The Morgan fingerprint density at radius 1 is 1.24 bits per heavy atom. The summed E-state index contributed by atoms with van der Waals surface area (Å²) >= 11 is 0. The lowest BCUT2D eigenvalue weighted by Gasteiger charge is -2.20. The molecule has 4 rings (SSSR count). The Kier molecular flexibility index (Phi) is 4.90. The first kappa shape index (κ1) is 18.5. The molecule has 3 heterocycles. The molecule has 1 amide bonds. The Hall–Kier alpha value is -3.81. The van der Waals surface area contributed by atoms with Crippen molar-refractivity contribution in [1.82, 2.24) is 19.9 Å². The zero-order chi connectivity index (χ0) is 20.4. The smallest absolute Gasteiger partial charge is 0.296 e. The van der Waals surface area contributed by atoms with Crippen LogP contribution in [0.5, 0.6) is 5.75 Å². The molecule has 0 aliphatic carbocycles. The largest absolute Gasteiger partial charge is 0.501 e. The third kappa shape index (κ3) is 3.64. The van der Waals surface area contributed by atoms with E-state index in [4.69, 9.17) is 0 Å². The highest BCUT2D eigenvalue weighted by Crippen LogP contribution is 2.26. The fourth-order valence-corrected chi connectivity index (χ4v) is 3.18. The van der Waals surface area contributed by atoms with E-state index in [2.05, 4.69) is 15.3 Å². The maximum atomic E-state index is 13.0. The third-order valence-corrected chi connectivity index (χ3v) is 4.64. The minimum Gasteiger partial charge on any atom is -0.501 e. The lowest BCUT2D eigenvalue weighted by atomic mass is 10.0. The summed E-state index contributed by atoms with van der Waals surface area (Å²) in [5.74, 6) is -1.46. The van der Waals surface area contributed by atoms with Gasteiger partial charge in [-0.2, -0.15) is 0 Å². The molecule has 0 saturated carbocycles. The van der Waals surface area contributed by atoms with Crippen LogP contribution >= 0.6 is 0 Å². The van der Waals surface area contributed by atoms with Crippen LogP contribution in [0.3, 0.4) is 0 Å². The molecule has 2 N–H and O–H groups in total. The van der Waals surface area contributed by atoms with Crippen molar-refractivity contribution in [1.29, 1.82) is 0 Å². The second kappa shape index (κ2) is 7.67. The van der Waals surface area contributed by atoms with Crippen molar-refractivity contribution in [2.45, 2.75) is 19.5 Å². The molecule has 1 aromatic carbocycles. The van der Waals surface area contributed by atoms with Gasteiger partial charge in [0.15, 0.2) is 5.69 Å². The monoisotopic (exact) mass is 392 g/mol. The number of hydrogen-bond acceptors (Lipinski definition) is 5. The predicted octanol–water partition coefficient (Wildman–Crippen LogP) is 2.25. The molecule has 1 aliphatic heterocycles. The molecule has 1 aliphatic rings. The number of aromatic nitrogens is 3. The SMILES string of the molecule is O=C(NCc1ccc(F)cc1)c1nc2n(c(=O)c1O)CCC=C2c1cccnc1. The number of nitrogens with one attached hydrogen (secondary N) is 1. The Morgan fingerprint density at radius 3 is 2.76 bits per heavy atom. The van der Waals surface area contributed by atoms with E-state index in [1.807, 2.05) is 12.1 Å². The summed E-state index contributed by atoms with van der Waals surface area (Å²) in [6.07, 6.45) is 5.80. The molecule has 0 atom stereocenters. The molecule has 8 heteroatoms. The fraction of sp³-hybridized carbons (Fsp3) is 0.143. The van der Waals surface area contributed by atoms with Gasteiger partial charge in [-0.3, -0.25) is 19.1 Å². The van der Waals surface area contributed by atoms with Crippen LogP contribution in [0.1, 0.15) is 33.9 Å². The van der Waals surface area contributed by atoms with Crippen molar-refractivity contribution in [2.75, 3.05) is 0 Å². The van der Waals surface area contributed by atoms with Gasteiger partial charge in [0.05, 0.1) is 0 Å². The van der Waals surface area contributed by atoms with Gasteiger partial charge in [-0.1, -0.05) is 24.3 Å². The minimum atomic E-state index is -0.696. The van der Waals surface area contributed by atoms with Crippen molar-refractivity contribution in [3.05, 3.63) is 93.7 Å². The quantitative estimate of drug-likeness (QED) is 0.710.